The topological polar surface area (TPSA) is 30.2 Å². The molecule has 0 saturated heterocycles. The Bertz CT molecular complexity index is 1410. The molecule has 0 N–H and O–H groups in total. The molecule has 0 spiro atoms. The molecular formula is C28H19N3. The number of pyridine rings is 2. The maximum absolute atomic E-state index is 4.96. The van der Waals surface area contributed by atoms with Crippen molar-refractivity contribution in [1.82, 2.24) is 14.6 Å². The normalized spacial score (nSPS) is 11.2. The van der Waals surface area contributed by atoms with Crippen LogP contribution in [0.25, 0.3) is 50.1 Å². The van der Waals surface area contributed by atoms with Gasteiger partial charge < -0.3 is 0 Å². The van der Waals surface area contributed by atoms with E-state index in [2.05, 4.69) is 79.0 Å². The van der Waals surface area contributed by atoms with E-state index in [1.54, 1.807) is 0 Å². The van der Waals surface area contributed by atoms with E-state index < -0.39 is 0 Å². The molecule has 0 bridgehead atoms. The van der Waals surface area contributed by atoms with Crippen molar-refractivity contribution in [3.8, 4) is 33.8 Å². The first-order valence-electron chi connectivity index (χ1n) is 10.3. The van der Waals surface area contributed by atoms with Crippen LogP contribution in [-0.4, -0.2) is 14.6 Å². The van der Waals surface area contributed by atoms with E-state index in [1.807, 2.05) is 40.9 Å². The molecule has 0 aliphatic rings. The van der Waals surface area contributed by atoms with Gasteiger partial charge in [0.1, 0.15) is 0 Å². The molecule has 6 rings (SSSR count). The van der Waals surface area contributed by atoms with Gasteiger partial charge in [-0.15, -0.1) is 0 Å². The third kappa shape index (κ3) is 3.26. The van der Waals surface area contributed by atoms with Gasteiger partial charge in [-0.1, -0.05) is 84.9 Å². The Morgan fingerprint density at radius 1 is 0.484 bits per heavy atom. The number of hydrogen-bond acceptors (Lipinski definition) is 2. The zero-order valence-corrected chi connectivity index (χ0v) is 16.8. The highest BCUT2D eigenvalue weighted by Gasteiger charge is 2.12. The standard InChI is InChI=1S/C28H19N3/c1-3-9-20(10-4-1)26-16-24(17-27(29-26)21-11-5-2-6-12-21)28-18-25-15-22-13-7-8-14-23(22)19-31(25)30-28/h1-19H. The Morgan fingerprint density at radius 3 is 1.71 bits per heavy atom. The summed E-state index contributed by atoms with van der Waals surface area (Å²) in [6.45, 7) is 0. The zero-order chi connectivity index (χ0) is 20.6. The fourth-order valence-corrected chi connectivity index (χ4v) is 4.00. The van der Waals surface area contributed by atoms with Crippen LogP contribution in [-0.2, 0) is 0 Å². The fourth-order valence-electron chi connectivity index (χ4n) is 4.00. The molecule has 0 amide bonds. The molecule has 0 atom stereocenters. The third-order valence-corrected chi connectivity index (χ3v) is 5.59. The Labute approximate surface area is 180 Å². The summed E-state index contributed by atoms with van der Waals surface area (Å²) >= 11 is 0. The van der Waals surface area contributed by atoms with Gasteiger partial charge in [0.25, 0.3) is 0 Å². The Hall–Kier alpha value is -4.24. The quantitative estimate of drug-likeness (QED) is 0.326. The molecule has 3 nitrogen and oxygen atoms in total. The van der Waals surface area contributed by atoms with Crippen molar-refractivity contribution in [3.05, 3.63) is 115 Å². The predicted molar refractivity (Wildman–Crippen MR) is 127 cm³/mol. The van der Waals surface area contributed by atoms with Gasteiger partial charge in [0.15, 0.2) is 0 Å². The number of hydrogen-bond donors (Lipinski definition) is 0. The van der Waals surface area contributed by atoms with Crippen molar-refractivity contribution < 1.29 is 0 Å². The summed E-state index contributed by atoms with van der Waals surface area (Å²) in [6, 6.07) is 37.6. The maximum atomic E-state index is 4.96. The average Bonchev–Trinajstić information content (AvgIpc) is 3.26. The van der Waals surface area contributed by atoms with Crippen LogP contribution in [0.2, 0.25) is 0 Å². The van der Waals surface area contributed by atoms with E-state index in [1.165, 1.54) is 10.8 Å². The van der Waals surface area contributed by atoms with E-state index in [4.69, 9.17) is 10.1 Å². The van der Waals surface area contributed by atoms with Gasteiger partial charge >= 0.3 is 0 Å². The minimum absolute atomic E-state index is 0.937. The number of aromatic nitrogens is 3. The molecule has 0 radical (unpaired) electrons. The van der Waals surface area contributed by atoms with Gasteiger partial charge in [0, 0.05) is 28.3 Å². The van der Waals surface area contributed by atoms with Crippen LogP contribution in [0.5, 0.6) is 0 Å². The molecule has 3 heteroatoms. The Morgan fingerprint density at radius 2 is 1.06 bits per heavy atom. The summed E-state index contributed by atoms with van der Waals surface area (Å²) in [5, 5.41) is 7.28. The molecule has 6 aromatic rings. The van der Waals surface area contributed by atoms with Crippen LogP contribution in [0, 0.1) is 0 Å². The molecule has 0 unspecified atom stereocenters. The first kappa shape index (κ1) is 17.6. The van der Waals surface area contributed by atoms with Crippen LogP contribution >= 0.6 is 0 Å². The number of benzene rings is 3. The first-order valence-corrected chi connectivity index (χ1v) is 10.3. The summed E-state index contributed by atoms with van der Waals surface area (Å²) in [7, 11) is 0. The van der Waals surface area contributed by atoms with E-state index in [0.717, 1.165) is 39.3 Å². The highest BCUT2D eigenvalue weighted by Crippen LogP contribution is 2.30. The minimum Gasteiger partial charge on any atom is -0.248 e. The minimum atomic E-state index is 0.937. The number of rotatable bonds is 3. The van der Waals surface area contributed by atoms with E-state index in [9.17, 15) is 0 Å². The first-order chi connectivity index (χ1) is 15.3. The van der Waals surface area contributed by atoms with Gasteiger partial charge in [-0.25, -0.2) is 9.50 Å². The summed E-state index contributed by atoms with van der Waals surface area (Å²) in [5.41, 5.74) is 7.14. The molecule has 3 aromatic carbocycles. The van der Waals surface area contributed by atoms with Crippen molar-refractivity contribution in [1.29, 1.82) is 0 Å². The van der Waals surface area contributed by atoms with Crippen LogP contribution in [0.4, 0.5) is 0 Å². The highest BCUT2D eigenvalue weighted by molar-refractivity contribution is 5.86. The van der Waals surface area contributed by atoms with Crippen molar-refractivity contribution in [2.45, 2.75) is 0 Å². The molecule has 0 saturated carbocycles. The lowest BCUT2D eigenvalue weighted by Gasteiger charge is -2.08. The van der Waals surface area contributed by atoms with E-state index in [0.29, 0.717) is 0 Å². The van der Waals surface area contributed by atoms with Gasteiger partial charge in [-0.2, -0.15) is 5.10 Å². The van der Waals surface area contributed by atoms with Gasteiger partial charge in [0.05, 0.1) is 22.6 Å². The number of nitrogens with zero attached hydrogens (tertiary/aromatic N) is 3. The molecule has 31 heavy (non-hydrogen) atoms. The second-order valence-electron chi connectivity index (χ2n) is 7.66. The second-order valence-corrected chi connectivity index (χ2v) is 7.66. The Balaban J connectivity index is 1.56. The fraction of sp³-hybridized carbons (Fsp3) is 0. The molecule has 0 aliphatic carbocycles. The van der Waals surface area contributed by atoms with Crippen LogP contribution in [0.1, 0.15) is 0 Å². The van der Waals surface area contributed by atoms with Crippen molar-refractivity contribution in [2.75, 3.05) is 0 Å². The van der Waals surface area contributed by atoms with E-state index >= 15 is 0 Å². The van der Waals surface area contributed by atoms with Crippen LogP contribution in [0.3, 0.4) is 0 Å². The largest absolute Gasteiger partial charge is 0.248 e. The van der Waals surface area contributed by atoms with Crippen molar-refractivity contribution in [2.24, 2.45) is 0 Å². The number of fused-ring (bicyclic) bond motifs is 2. The maximum Gasteiger partial charge on any atom is 0.0935 e. The summed E-state index contributed by atoms with van der Waals surface area (Å²) < 4.78 is 1.96. The van der Waals surface area contributed by atoms with Crippen LogP contribution in [0.15, 0.2) is 115 Å². The predicted octanol–water partition coefficient (Wildman–Crippen LogP) is 6.88. The molecule has 0 aliphatic heterocycles. The molecule has 0 fully saturated rings. The average molecular weight is 397 g/mol. The molecular weight excluding hydrogens is 378 g/mol. The molecule has 3 heterocycles. The van der Waals surface area contributed by atoms with Crippen molar-refractivity contribution in [3.63, 3.8) is 0 Å². The zero-order valence-electron chi connectivity index (χ0n) is 16.8. The summed E-state index contributed by atoms with van der Waals surface area (Å²) in [5.74, 6) is 0. The lowest BCUT2D eigenvalue weighted by molar-refractivity contribution is 0.974. The van der Waals surface area contributed by atoms with Crippen molar-refractivity contribution >= 4 is 16.3 Å². The van der Waals surface area contributed by atoms with Gasteiger partial charge in [0.2, 0.25) is 0 Å². The van der Waals surface area contributed by atoms with Gasteiger partial charge in [-0.3, -0.25) is 0 Å². The highest BCUT2D eigenvalue weighted by atomic mass is 15.2. The molecule has 3 aromatic heterocycles. The smallest absolute Gasteiger partial charge is 0.0935 e. The monoisotopic (exact) mass is 397 g/mol. The van der Waals surface area contributed by atoms with Gasteiger partial charge in [-0.05, 0) is 29.7 Å². The summed E-state index contributed by atoms with van der Waals surface area (Å²) in [6.07, 6.45) is 2.09. The lowest BCUT2D eigenvalue weighted by atomic mass is 10.0. The third-order valence-electron chi connectivity index (χ3n) is 5.59. The molecule has 146 valence electrons. The second kappa shape index (κ2) is 7.22. The lowest BCUT2D eigenvalue weighted by Crippen LogP contribution is -1.92. The SMILES string of the molecule is c1ccc(-c2cc(-c3cc4cc5ccccc5cn4n3)cc(-c3ccccc3)n2)cc1. The van der Waals surface area contributed by atoms with E-state index in [-0.39, 0.29) is 0 Å². The van der Waals surface area contributed by atoms with Crippen LogP contribution < -0.4 is 0 Å². The Kier molecular flexibility index (Phi) is 4.10. The summed E-state index contributed by atoms with van der Waals surface area (Å²) in [4.78, 5) is 4.96.